The normalized spacial score (nSPS) is 12.6. The smallest absolute Gasteiger partial charge is 0.306 e. The van der Waals surface area contributed by atoms with Crippen molar-refractivity contribution >= 4 is 17.9 Å². The van der Waals surface area contributed by atoms with E-state index in [0.717, 1.165) is 103 Å². The number of carbonyl (C=O) groups is 3. The summed E-state index contributed by atoms with van der Waals surface area (Å²) in [5.74, 6) is -0.961. The fourth-order valence-electron chi connectivity index (χ4n) is 9.28. The van der Waals surface area contributed by atoms with E-state index in [4.69, 9.17) is 14.2 Å². The van der Waals surface area contributed by atoms with E-state index in [1.807, 2.05) is 0 Å². The Labute approximate surface area is 471 Å². The van der Waals surface area contributed by atoms with Crippen molar-refractivity contribution in [1.82, 2.24) is 0 Å². The molecule has 0 aliphatic heterocycles. The fraction of sp³-hybridized carbons (Fsp3) is 0.757. The highest BCUT2D eigenvalue weighted by atomic mass is 16.6. The molecule has 0 bridgehead atoms. The van der Waals surface area contributed by atoms with Gasteiger partial charge in [0.1, 0.15) is 13.2 Å². The summed E-state index contributed by atoms with van der Waals surface area (Å²) in [6.45, 7) is 6.49. The molecule has 76 heavy (non-hydrogen) atoms. The van der Waals surface area contributed by atoms with Crippen LogP contribution in [0, 0.1) is 0 Å². The summed E-state index contributed by atoms with van der Waals surface area (Å²) in [6.07, 6.45) is 84.6. The summed E-state index contributed by atoms with van der Waals surface area (Å²) in [6, 6.07) is 0. The number of ether oxygens (including phenoxy) is 3. The maximum absolute atomic E-state index is 12.9. The lowest BCUT2D eigenvalue weighted by atomic mass is 10.0. The molecule has 0 radical (unpaired) electrons. The largest absolute Gasteiger partial charge is 0.462 e. The van der Waals surface area contributed by atoms with Crippen molar-refractivity contribution in [1.29, 1.82) is 0 Å². The van der Waals surface area contributed by atoms with Gasteiger partial charge in [-0.1, -0.05) is 298 Å². The minimum Gasteiger partial charge on any atom is -0.462 e. The highest BCUT2D eigenvalue weighted by Crippen LogP contribution is 2.17. The number of allylic oxidation sites excluding steroid dienone is 14. The van der Waals surface area contributed by atoms with Crippen molar-refractivity contribution in [2.24, 2.45) is 0 Å². The van der Waals surface area contributed by atoms with Gasteiger partial charge in [0.05, 0.1) is 0 Å². The Balaban J connectivity index is 4.36. The molecule has 0 aliphatic carbocycles. The highest BCUT2D eigenvalue weighted by molar-refractivity contribution is 5.71. The van der Waals surface area contributed by atoms with E-state index in [9.17, 15) is 14.4 Å². The van der Waals surface area contributed by atoms with E-state index in [1.54, 1.807) is 0 Å². The van der Waals surface area contributed by atoms with Crippen LogP contribution in [0.25, 0.3) is 0 Å². The molecule has 1 atom stereocenters. The summed E-state index contributed by atoms with van der Waals surface area (Å²) in [5, 5.41) is 0. The first-order chi connectivity index (χ1) is 37.5. The van der Waals surface area contributed by atoms with E-state index in [2.05, 4.69) is 106 Å². The number of hydrogen-bond donors (Lipinski definition) is 0. The van der Waals surface area contributed by atoms with Gasteiger partial charge in [-0.2, -0.15) is 0 Å². The topological polar surface area (TPSA) is 78.9 Å². The van der Waals surface area contributed by atoms with Gasteiger partial charge in [0.15, 0.2) is 6.10 Å². The molecule has 0 aromatic heterocycles. The summed E-state index contributed by atoms with van der Waals surface area (Å²) in [7, 11) is 0. The third kappa shape index (κ3) is 61.4. The molecular formula is C70H122O6. The second-order valence-corrected chi connectivity index (χ2v) is 21.6. The van der Waals surface area contributed by atoms with Gasteiger partial charge >= 0.3 is 17.9 Å². The molecule has 0 N–H and O–H groups in total. The van der Waals surface area contributed by atoms with Crippen LogP contribution in [-0.2, 0) is 28.6 Å². The number of unbranched alkanes of at least 4 members (excludes halogenated alkanes) is 34. The van der Waals surface area contributed by atoms with E-state index in [-0.39, 0.29) is 37.5 Å². The first-order valence-electron chi connectivity index (χ1n) is 32.6. The third-order valence-corrected chi connectivity index (χ3v) is 14.1. The zero-order valence-corrected chi connectivity index (χ0v) is 50.3. The fourth-order valence-corrected chi connectivity index (χ4v) is 9.28. The van der Waals surface area contributed by atoms with Crippen LogP contribution in [0.5, 0.6) is 0 Å². The van der Waals surface area contributed by atoms with E-state index < -0.39 is 6.10 Å². The SMILES string of the molecule is CC/C=C\C/C=C\C/C=C\C/C=C\C/C=C\CCCC(=O)OC(COC(=O)CCCCCCC/C=C\C/C=C\CCCCCC)COC(=O)CCCCCCCCCCCCCCCCCCCCCCCCCCC. The average molecular weight is 1060 g/mol. The predicted octanol–water partition coefficient (Wildman–Crippen LogP) is 22.3. The number of rotatable bonds is 59. The van der Waals surface area contributed by atoms with E-state index >= 15 is 0 Å². The van der Waals surface area contributed by atoms with Gasteiger partial charge in [0.25, 0.3) is 0 Å². The minimum atomic E-state index is -0.812. The van der Waals surface area contributed by atoms with Crippen LogP contribution in [0.2, 0.25) is 0 Å². The molecular weight excluding hydrogens is 937 g/mol. The van der Waals surface area contributed by atoms with E-state index in [1.165, 1.54) is 173 Å². The second-order valence-electron chi connectivity index (χ2n) is 21.6. The Bertz CT molecular complexity index is 1450. The lowest BCUT2D eigenvalue weighted by molar-refractivity contribution is -0.167. The van der Waals surface area contributed by atoms with Crippen LogP contribution in [0.4, 0.5) is 0 Å². The van der Waals surface area contributed by atoms with Crippen LogP contribution >= 0.6 is 0 Å². The minimum absolute atomic E-state index is 0.101. The summed E-state index contributed by atoms with van der Waals surface area (Å²) < 4.78 is 16.9. The first-order valence-corrected chi connectivity index (χ1v) is 32.6. The van der Waals surface area contributed by atoms with Crippen LogP contribution < -0.4 is 0 Å². The first kappa shape index (κ1) is 72.6. The van der Waals surface area contributed by atoms with Gasteiger partial charge in [-0.05, 0) is 89.9 Å². The van der Waals surface area contributed by atoms with Gasteiger partial charge in [-0.15, -0.1) is 0 Å². The lowest BCUT2D eigenvalue weighted by Gasteiger charge is -2.18. The van der Waals surface area contributed by atoms with Gasteiger partial charge < -0.3 is 14.2 Å². The lowest BCUT2D eigenvalue weighted by Crippen LogP contribution is -2.30. The molecule has 438 valence electrons. The Hall–Kier alpha value is -3.41. The van der Waals surface area contributed by atoms with Crippen molar-refractivity contribution in [3.8, 4) is 0 Å². The molecule has 0 saturated carbocycles. The monoisotopic (exact) mass is 1060 g/mol. The van der Waals surface area contributed by atoms with Crippen molar-refractivity contribution < 1.29 is 28.6 Å². The maximum atomic E-state index is 12.9. The summed E-state index contributed by atoms with van der Waals surface area (Å²) in [4.78, 5) is 38.3. The van der Waals surface area contributed by atoms with Crippen LogP contribution in [0.3, 0.4) is 0 Å². The molecule has 0 heterocycles. The standard InChI is InChI=1S/C70H122O6/c1-4-7-10-13-16-19-22-25-28-31-32-33-34-35-36-37-38-40-42-45-48-51-54-57-60-63-69(72)75-66-67(65-74-68(71)62-59-56-53-50-47-44-41-30-27-24-21-18-15-12-9-6-3)76-70(73)64-61-58-55-52-49-46-43-39-29-26-23-20-17-14-11-8-5-2/h8,11,17,20-21,24,26,29-30,41,43,46,52,55,67H,4-7,9-10,12-16,18-19,22-23,25,27-28,31-40,42,44-45,47-51,53-54,56-66H2,1-3H3/b11-8-,20-17-,24-21-,29-26-,41-30-,46-43-,55-52-. The van der Waals surface area contributed by atoms with E-state index in [0.29, 0.717) is 19.3 Å². The van der Waals surface area contributed by atoms with Crippen LogP contribution in [0.1, 0.15) is 323 Å². The quantitative estimate of drug-likeness (QED) is 0.0261. The molecule has 0 spiro atoms. The Morgan fingerprint density at radius 2 is 0.526 bits per heavy atom. The maximum Gasteiger partial charge on any atom is 0.306 e. The average Bonchev–Trinajstić information content (AvgIpc) is 3.42. The zero-order valence-electron chi connectivity index (χ0n) is 50.3. The Morgan fingerprint density at radius 3 is 0.855 bits per heavy atom. The molecule has 1 unspecified atom stereocenters. The Kier molecular flexibility index (Phi) is 61.2. The zero-order chi connectivity index (χ0) is 55.0. The molecule has 0 aliphatic rings. The molecule has 0 fully saturated rings. The molecule has 0 amide bonds. The predicted molar refractivity (Wildman–Crippen MR) is 330 cm³/mol. The molecule has 0 aromatic rings. The molecule has 6 heteroatoms. The van der Waals surface area contributed by atoms with Gasteiger partial charge in [0, 0.05) is 19.3 Å². The molecule has 0 aromatic carbocycles. The molecule has 0 rings (SSSR count). The molecule has 6 nitrogen and oxygen atoms in total. The van der Waals surface area contributed by atoms with Crippen molar-refractivity contribution in [2.45, 2.75) is 329 Å². The van der Waals surface area contributed by atoms with Crippen molar-refractivity contribution in [3.63, 3.8) is 0 Å². The number of carbonyl (C=O) groups excluding carboxylic acids is 3. The summed E-state index contributed by atoms with van der Waals surface area (Å²) >= 11 is 0. The van der Waals surface area contributed by atoms with Crippen molar-refractivity contribution in [3.05, 3.63) is 85.1 Å². The van der Waals surface area contributed by atoms with Gasteiger partial charge in [0.2, 0.25) is 0 Å². The number of esters is 3. The second kappa shape index (κ2) is 64.1. The van der Waals surface area contributed by atoms with Crippen LogP contribution in [0.15, 0.2) is 85.1 Å². The Morgan fingerprint density at radius 1 is 0.276 bits per heavy atom. The van der Waals surface area contributed by atoms with Gasteiger partial charge in [-0.3, -0.25) is 14.4 Å². The summed E-state index contributed by atoms with van der Waals surface area (Å²) in [5.41, 5.74) is 0. The van der Waals surface area contributed by atoms with Gasteiger partial charge in [-0.25, -0.2) is 0 Å². The van der Waals surface area contributed by atoms with Crippen molar-refractivity contribution in [2.75, 3.05) is 13.2 Å². The third-order valence-electron chi connectivity index (χ3n) is 14.1. The molecule has 0 saturated heterocycles. The highest BCUT2D eigenvalue weighted by Gasteiger charge is 2.19. The number of hydrogen-bond acceptors (Lipinski definition) is 6. The van der Waals surface area contributed by atoms with Crippen LogP contribution in [-0.4, -0.2) is 37.2 Å².